The van der Waals surface area contributed by atoms with E-state index in [1.807, 2.05) is 47.1 Å². The maximum Gasteiger partial charge on any atom is 0.135 e. The lowest BCUT2D eigenvalue weighted by molar-refractivity contribution is 0.0179. The number of likely N-dealkylation sites (tertiary alicyclic amines) is 1. The quantitative estimate of drug-likeness (QED) is 0.358. The van der Waals surface area contributed by atoms with Gasteiger partial charge < -0.3 is 9.30 Å². The Morgan fingerprint density at radius 3 is 2.39 bits per heavy atom. The molecule has 2 atom stereocenters. The molecule has 0 radical (unpaired) electrons. The molecule has 8 heteroatoms. The van der Waals surface area contributed by atoms with E-state index in [0.717, 1.165) is 16.6 Å². The molecule has 0 N–H and O–H groups in total. The number of hydrogen-bond acceptors (Lipinski definition) is 3. The van der Waals surface area contributed by atoms with E-state index in [2.05, 4.69) is 4.57 Å². The van der Waals surface area contributed by atoms with Crippen molar-refractivity contribution in [2.24, 2.45) is 0 Å². The van der Waals surface area contributed by atoms with Crippen LogP contribution in [-0.4, -0.2) is 65.0 Å². The van der Waals surface area contributed by atoms with Gasteiger partial charge in [-0.25, -0.2) is 13.2 Å². The number of nitrogens with zero attached hydrogens (tertiary/aromatic N) is 3. The van der Waals surface area contributed by atoms with Crippen LogP contribution in [-0.2, 0) is 6.54 Å². The van der Waals surface area contributed by atoms with Crippen LogP contribution in [0, 0.1) is 11.6 Å². The topological polar surface area (TPSA) is 20.6 Å². The van der Waals surface area contributed by atoms with Gasteiger partial charge in [0.25, 0.3) is 0 Å². The smallest absolute Gasteiger partial charge is 0.135 e. The second-order valence-electron chi connectivity index (χ2n) is 10.7. The standard InChI is InChI=1S/C28H33F4N3O/c1-18-14-34-24-8-5-4-7-19(24)11-25(34)27(35(18)17-28(2,3)32)26-22(30)12-20(13-23(26)31)36-21-15-33(16-21)10-6-9-29/h4-5,7-8,11-13,18,21,27H,6,9-10,14-17H2,1-3H3/t18-,27+/m1/s1. The van der Waals surface area contributed by atoms with Gasteiger partial charge in [0.05, 0.1) is 12.7 Å². The molecule has 0 bridgehead atoms. The third-order valence-corrected chi connectivity index (χ3v) is 7.19. The zero-order chi connectivity index (χ0) is 25.6. The van der Waals surface area contributed by atoms with E-state index in [9.17, 15) is 8.78 Å². The Bertz CT molecular complexity index is 1210. The first kappa shape index (κ1) is 25.1. The minimum absolute atomic E-state index is 0.0360. The molecule has 1 fully saturated rings. The van der Waals surface area contributed by atoms with Crippen molar-refractivity contribution in [3.05, 3.63) is 65.4 Å². The third kappa shape index (κ3) is 4.85. The minimum atomic E-state index is -1.55. The zero-order valence-electron chi connectivity index (χ0n) is 21.0. The van der Waals surface area contributed by atoms with Gasteiger partial charge >= 0.3 is 0 Å². The first-order valence-electron chi connectivity index (χ1n) is 12.6. The van der Waals surface area contributed by atoms with Crippen molar-refractivity contribution in [1.82, 2.24) is 14.4 Å². The van der Waals surface area contributed by atoms with Crippen LogP contribution in [0.2, 0.25) is 0 Å². The van der Waals surface area contributed by atoms with Gasteiger partial charge in [-0.05, 0) is 44.7 Å². The number of fused-ring (bicyclic) bond motifs is 3. The third-order valence-electron chi connectivity index (χ3n) is 7.19. The molecule has 0 aliphatic carbocycles. The molecule has 36 heavy (non-hydrogen) atoms. The Labute approximate surface area is 209 Å². The Balaban J connectivity index is 1.50. The second kappa shape index (κ2) is 9.71. The Morgan fingerprint density at radius 1 is 1.03 bits per heavy atom. The summed E-state index contributed by atoms with van der Waals surface area (Å²) in [4.78, 5) is 3.91. The van der Waals surface area contributed by atoms with Crippen molar-refractivity contribution < 1.29 is 22.3 Å². The average Bonchev–Trinajstić information content (AvgIpc) is 3.14. The van der Waals surface area contributed by atoms with Crippen LogP contribution >= 0.6 is 0 Å². The number of rotatable bonds is 8. The summed E-state index contributed by atoms with van der Waals surface area (Å²) in [5.74, 6) is -1.29. The summed E-state index contributed by atoms with van der Waals surface area (Å²) in [6, 6.07) is 11.3. The van der Waals surface area contributed by atoms with Crippen LogP contribution < -0.4 is 4.74 Å². The van der Waals surface area contributed by atoms with Crippen LogP contribution in [0.15, 0.2) is 42.5 Å². The summed E-state index contributed by atoms with van der Waals surface area (Å²) in [7, 11) is 0. The van der Waals surface area contributed by atoms with Gasteiger partial charge in [-0.3, -0.25) is 14.2 Å². The summed E-state index contributed by atoms with van der Waals surface area (Å²) in [6.45, 7) is 7.06. The lowest BCUT2D eigenvalue weighted by atomic mass is 9.94. The molecule has 5 rings (SSSR count). The molecule has 194 valence electrons. The van der Waals surface area contributed by atoms with Crippen molar-refractivity contribution in [2.75, 3.05) is 32.9 Å². The summed E-state index contributed by atoms with van der Waals surface area (Å²) >= 11 is 0. The molecule has 0 spiro atoms. The molecule has 0 amide bonds. The highest BCUT2D eigenvalue weighted by Crippen LogP contribution is 2.42. The predicted octanol–water partition coefficient (Wildman–Crippen LogP) is 5.88. The highest BCUT2D eigenvalue weighted by Gasteiger charge is 2.40. The van der Waals surface area contributed by atoms with Crippen LogP contribution in [0.3, 0.4) is 0 Å². The highest BCUT2D eigenvalue weighted by atomic mass is 19.1. The van der Waals surface area contributed by atoms with Crippen molar-refractivity contribution >= 4 is 10.9 Å². The minimum Gasteiger partial charge on any atom is -0.488 e. The number of hydrogen-bond donors (Lipinski definition) is 0. The maximum absolute atomic E-state index is 15.7. The molecule has 2 aliphatic rings. The molecular weight excluding hydrogens is 470 g/mol. The van der Waals surface area contributed by atoms with Gasteiger partial charge in [0.2, 0.25) is 0 Å². The van der Waals surface area contributed by atoms with Gasteiger partial charge in [-0.2, -0.15) is 0 Å². The van der Waals surface area contributed by atoms with E-state index in [1.165, 1.54) is 26.0 Å². The van der Waals surface area contributed by atoms with Gasteiger partial charge in [-0.1, -0.05) is 18.2 Å². The first-order valence-corrected chi connectivity index (χ1v) is 12.6. The van der Waals surface area contributed by atoms with Crippen molar-refractivity contribution in [3.8, 4) is 5.75 Å². The lowest BCUT2D eigenvalue weighted by Gasteiger charge is -2.44. The molecule has 1 aromatic heterocycles. The first-order chi connectivity index (χ1) is 17.1. The summed E-state index contributed by atoms with van der Waals surface area (Å²) in [6.07, 6.45) is 0.281. The summed E-state index contributed by atoms with van der Waals surface area (Å²) in [5.41, 5.74) is 0.0917. The van der Waals surface area contributed by atoms with E-state index >= 15 is 8.78 Å². The molecule has 2 aromatic carbocycles. The van der Waals surface area contributed by atoms with Gasteiger partial charge in [-0.15, -0.1) is 0 Å². The number of para-hydroxylation sites is 1. The zero-order valence-corrected chi connectivity index (χ0v) is 21.0. The van der Waals surface area contributed by atoms with Crippen LogP contribution in [0.25, 0.3) is 10.9 Å². The van der Waals surface area contributed by atoms with E-state index in [4.69, 9.17) is 4.74 Å². The van der Waals surface area contributed by atoms with Crippen LogP contribution in [0.5, 0.6) is 5.75 Å². The molecule has 0 saturated carbocycles. The molecular formula is C28H33F4N3O. The molecule has 0 unspecified atom stereocenters. The molecule has 3 aromatic rings. The number of ether oxygens (including phenoxy) is 1. The van der Waals surface area contributed by atoms with Crippen molar-refractivity contribution in [3.63, 3.8) is 0 Å². The van der Waals surface area contributed by atoms with E-state index in [0.29, 0.717) is 32.6 Å². The van der Waals surface area contributed by atoms with E-state index in [1.54, 1.807) is 0 Å². The maximum atomic E-state index is 15.7. The largest absolute Gasteiger partial charge is 0.488 e. The lowest BCUT2D eigenvalue weighted by Crippen LogP contribution is -2.53. The van der Waals surface area contributed by atoms with Crippen molar-refractivity contribution in [2.45, 2.75) is 57.6 Å². The average molecular weight is 504 g/mol. The van der Waals surface area contributed by atoms with E-state index in [-0.39, 0.29) is 36.7 Å². The summed E-state index contributed by atoms with van der Waals surface area (Å²) < 4.78 is 66.6. The normalized spacial score (nSPS) is 21.5. The summed E-state index contributed by atoms with van der Waals surface area (Å²) in [5, 5.41) is 0.981. The molecule has 1 saturated heterocycles. The number of halogens is 4. The Kier molecular flexibility index (Phi) is 6.76. The fourth-order valence-corrected chi connectivity index (χ4v) is 5.60. The predicted molar refractivity (Wildman–Crippen MR) is 133 cm³/mol. The van der Waals surface area contributed by atoms with Crippen LogP contribution in [0.1, 0.15) is 44.5 Å². The van der Waals surface area contributed by atoms with Crippen molar-refractivity contribution in [1.29, 1.82) is 0 Å². The fourth-order valence-electron chi connectivity index (χ4n) is 5.60. The number of aromatic nitrogens is 1. The number of alkyl halides is 2. The van der Waals surface area contributed by atoms with Gasteiger partial charge in [0.15, 0.2) is 0 Å². The molecule has 4 nitrogen and oxygen atoms in total. The SMILES string of the molecule is C[C@@H]1Cn2c(cc3ccccc32)[C@@H](c2c(F)cc(OC3CN(CCCF)C3)cc2F)N1CC(C)(C)F. The Morgan fingerprint density at radius 2 is 1.72 bits per heavy atom. The van der Waals surface area contributed by atoms with Crippen LogP contribution in [0.4, 0.5) is 17.6 Å². The number of benzene rings is 2. The van der Waals surface area contributed by atoms with Gasteiger partial charge in [0, 0.05) is 67.7 Å². The second-order valence-corrected chi connectivity index (χ2v) is 10.7. The molecule has 3 heterocycles. The highest BCUT2D eigenvalue weighted by molar-refractivity contribution is 5.82. The fraction of sp³-hybridized carbons (Fsp3) is 0.500. The van der Waals surface area contributed by atoms with E-state index < -0.39 is 23.3 Å². The molecule has 2 aliphatic heterocycles. The Hall–Kier alpha value is -2.58. The van der Waals surface area contributed by atoms with Gasteiger partial charge in [0.1, 0.15) is 29.2 Å². The monoisotopic (exact) mass is 503 g/mol.